The summed E-state index contributed by atoms with van der Waals surface area (Å²) in [4.78, 5) is 4.18. The normalized spacial score (nSPS) is 11.0. The average Bonchev–Trinajstić information content (AvgIpc) is 2.57. The predicted molar refractivity (Wildman–Crippen MR) is 107 cm³/mol. The highest BCUT2D eigenvalue weighted by Crippen LogP contribution is 1.96. The lowest BCUT2D eigenvalue weighted by molar-refractivity contribution is 0.0487. The van der Waals surface area contributed by atoms with E-state index in [1.165, 1.54) is 12.0 Å². The zero-order valence-electron chi connectivity index (χ0n) is 14.2. The van der Waals surface area contributed by atoms with Gasteiger partial charge in [0.05, 0.1) is 19.8 Å². The maximum absolute atomic E-state index is 5.50. The van der Waals surface area contributed by atoms with Crippen molar-refractivity contribution < 1.29 is 9.47 Å². The molecule has 0 spiro atoms. The van der Waals surface area contributed by atoms with E-state index in [9.17, 15) is 0 Å². The van der Waals surface area contributed by atoms with Gasteiger partial charge in [0.2, 0.25) is 0 Å². The Hall–Kier alpha value is -0.860. The number of ether oxygens (including phenoxy) is 2. The molecule has 2 N–H and O–H groups in total. The molecule has 0 amide bonds. The van der Waals surface area contributed by atoms with Gasteiger partial charge in [-0.15, -0.1) is 24.0 Å². The Kier molecular flexibility index (Phi) is 15.4. The van der Waals surface area contributed by atoms with Gasteiger partial charge in [-0.2, -0.15) is 0 Å². The van der Waals surface area contributed by atoms with Gasteiger partial charge in [0.15, 0.2) is 5.96 Å². The molecule has 0 unspecified atom stereocenters. The second-order valence-corrected chi connectivity index (χ2v) is 4.92. The van der Waals surface area contributed by atoms with Crippen LogP contribution in [0.25, 0.3) is 0 Å². The molecule has 6 heteroatoms. The third kappa shape index (κ3) is 12.3. The lowest BCUT2D eigenvalue weighted by Crippen LogP contribution is -2.38. The van der Waals surface area contributed by atoms with E-state index >= 15 is 0 Å². The Morgan fingerprint density at radius 3 is 2.35 bits per heavy atom. The molecule has 0 aliphatic heterocycles. The molecule has 23 heavy (non-hydrogen) atoms. The van der Waals surface area contributed by atoms with Gasteiger partial charge in [0.25, 0.3) is 0 Å². The maximum atomic E-state index is 5.50. The summed E-state index contributed by atoms with van der Waals surface area (Å²) in [5.41, 5.74) is 1.23. The molecule has 0 heterocycles. The summed E-state index contributed by atoms with van der Waals surface area (Å²) in [6.45, 7) is 6.42. The van der Waals surface area contributed by atoms with Crippen molar-refractivity contribution in [2.45, 2.75) is 26.3 Å². The standard InChI is InChI=1S/C17H29N3O2.HI/c1-3-4-11-21-13-14-22-12-10-19-17(18-2)20-15-16-8-6-5-7-9-16;/h5-9H,3-4,10-15H2,1-2H3,(H2,18,19,20);1H. The summed E-state index contributed by atoms with van der Waals surface area (Å²) in [5, 5.41) is 6.49. The zero-order valence-corrected chi connectivity index (χ0v) is 16.5. The lowest BCUT2D eigenvalue weighted by atomic mass is 10.2. The van der Waals surface area contributed by atoms with Crippen LogP contribution in [0.4, 0.5) is 0 Å². The molecule has 0 bridgehead atoms. The van der Waals surface area contributed by atoms with E-state index in [-0.39, 0.29) is 24.0 Å². The van der Waals surface area contributed by atoms with E-state index in [4.69, 9.17) is 9.47 Å². The summed E-state index contributed by atoms with van der Waals surface area (Å²) >= 11 is 0. The van der Waals surface area contributed by atoms with Gasteiger partial charge in [-0.1, -0.05) is 43.7 Å². The topological polar surface area (TPSA) is 54.9 Å². The monoisotopic (exact) mass is 435 g/mol. The number of nitrogens with zero attached hydrogens (tertiary/aromatic N) is 1. The van der Waals surface area contributed by atoms with Crippen molar-refractivity contribution in [2.75, 3.05) is 40.0 Å². The van der Waals surface area contributed by atoms with E-state index in [2.05, 4.69) is 34.7 Å². The molecule has 0 aromatic heterocycles. The molecule has 1 rings (SSSR count). The minimum atomic E-state index is 0. The molecule has 0 saturated heterocycles. The predicted octanol–water partition coefficient (Wildman–Crippen LogP) is 2.80. The smallest absolute Gasteiger partial charge is 0.191 e. The first-order chi connectivity index (χ1) is 10.9. The number of nitrogens with one attached hydrogen (secondary N) is 2. The van der Waals surface area contributed by atoms with Gasteiger partial charge >= 0.3 is 0 Å². The van der Waals surface area contributed by atoms with E-state index in [1.807, 2.05) is 18.2 Å². The second-order valence-electron chi connectivity index (χ2n) is 4.92. The minimum absolute atomic E-state index is 0. The summed E-state index contributed by atoms with van der Waals surface area (Å²) in [6.07, 6.45) is 2.28. The fourth-order valence-electron chi connectivity index (χ4n) is 1.81. The van der Waals surface area contributed by atoms with Crippen LogP contribution in [0.2, 0.25) is 0 Å². The zero-order chi connectivity index (χ0) is 15.9. The van der Waals surface area contributed by atoms with Gasteiger partial charge in [-0.3, -0.25) is 4.99 Å². The number of hydrogen-bond donors (Lipinski definition) is 2. The number of rotatable bonds is 11. The first-order valence-corrected chi connectivity index (χ1v) is 8.00. The van der Waals surface area contributed by atoms with E-state index in [0.717, 1.165) is 32.1 Å². The van der Waals surface area contributed by atoms with Crippen molar-refractivity contribution >= 4 is 29.9 Å². The van der Waals surface area contributed by atoms with Crippen LogP contribution in [0.15, 0.2) is 35.3 Å². The van der Waals surface area contributed by atoms with Crippen molar-refractivity contribution in [3.63, 3.8) is 0 Å². The molecule has 0 saturated carbocycles. The molecule has 1 aromatic rings. The highest BCUT2D eigenvalue weighted by Gasteiger charge is 1.97. The number of benzene rings is 1. The van der Waals surface area contributed by atoms with Crippen LogP contribution >= 0.6 is 24.0 Å². The summed E-state index contributed by atoms with van der Waals surface area (Å²) in [7, 11) is 1.77. The molecule has 0 fully saturated rings. The van der Waals surface area contributed by atoms with Crippen LogP contribution in [0.3, 0.4) is 0 Å². The van der Waals surface area contributed by atoms with E-state index in [1.54, 1.807) is 7.05 Å². The van der Waals surface area contributed by atoms with Crippen molar-refractivity contribution in [3.05, 3.63) is 35.9 Å². The van der Waals surface area contributed by atoms with Crippen LogP contribution < -0.4 is 10.6 Å². The van der Waals surface area contributed by atoms with Crippen molar-refractivity contribution in [1.29, 1.82) is 0 Å². The maximum Gasteiger partial charge on any atom is 0.191 e. The molecule has 5 nitrogen and oxygen atoms in total. The van der Waals surface area contributed by atoms with Gasteiger partial charge in [-0.05, 0) is 12.0 Å². The third-order valence-electron chi connectivity index (χ3n) is 3.08. The van der Waals surface area contributed by atoms with Crippen LogP contribution in [-0.2, 0) is 16.0 Å². The number of guanidine groups is 1. The van der Waals surface area contributed by atoms with Gasteiger partial charge in [0.1, 0.15) is 0 Å². The first-order valence-electron chi connectivity index (χ1n) is 8.00. The second kappa shape index (κ2) is 16.0. The molecule has 0 radical (unpaired) electrons. The van der Waals surface area contributed by atoms with Crippen molar-refractivity contribution in [3.8, 4) is 0 Å². The Balaban J connectivity index is 0.00000484. The number of hydrogen-bond acceptors (Lipinski definition) is 3. The highest BCUT2D eigenvalue weighted by atomic mass is 127. The Labute approximate surface area is 157 Å². The molecular weight excluding hydrogens is 405 g/mol. The molecule has 0 aliphatic rings. The summed E-state index contributed by atoms with van der Waals surface area (Å²) < 4.78 is 10.9. The quantitative estimate of drug-likeness (QED) is 0.243. The molecule has 132 valence electrons. The van der Waals surface area contributed by atoms with Crippen molar-refractivity contribution in [2.24, 2.45) is 4.99 Å². The fourth-order valence-corrected chi connectivity index (χ4v) is 1.81. The number of unbranched alkanes of at least 4 members (excludes halogenated alkanes) is 1. The van der Waals surface area contributed by atoms with Crippen LogP contribution in [-0.4, -0.2) is 46.0 Å². The highest BCUT2D eigenvalue weighted by molar-refractivity contribution is 14.0. The van der Waals surface area contributed by atoms with Crippen molar-refractivity contribution in [1.82, 2.24) is 10.6 Å². The first kappa shape index (κ1) is 22.1. The Bertz CT molecular complexity index is 402. The SMILES string of the molecule is CCCCOCCOCCNC(=NC)NCc1ccccc1.I. The minimum Gasteiger partial charge on any atom is -0.379 e. The largest absolute Gasteiger partial charge is 0.379 e. The Morgan fingerprint density at radius 1 is 1.00 bits per heavy atom. The van der Waals surface area contributed by atoms with Gasteiger partial charge < -0.3 is 20.1 Å². The molecule has 0 aliphatic carbocycles. The van der Waals surface area contributed by atoms with Gasteiger partial charge in [0, 0.05) is 26.7 Å². The van der Waals surface area contributed by atoms with Crippen LogP contribution in [0.5, 0.6) is 0 Å². The molecular formula is C17H30IN3O2. The third-order valence-corrected chi connectivity index (χ3v) is 3.08. The number of halogens is 1. The lowest BCUT2D eigenvalue weighted by Gasteiger charge is -2.12. The Morgan fingerprint density at radius 2 is 1.70 bits per heavy atom. The fraction of sp³-hybridized carbons (Fsp3) is 0.588. The summed E-state index contributed by atoms with van der Waals surface area (Å²) in [5.74, 6) is 0.784. The van der Waals surface area contributed by atoms with Crippen LogP contribution in [0, 0.1) is 0 Å². The van der Waals surface area contributed by atoms with E-state index in [0.29, 0.717) is 19.8 Å². The molecule has 1 aromatic carbocycles. The average molecular weight is 435 g/mol. The van der Waals surface area contributed by atoms with Crippen LogP contribution in [0.1, 0.15) is 25.3 Å². The van der Waals surface area contributed by atoms with E-state index < -0.39 is 0 Å². The summed E-state index contributed by atoms with van der Waals surface area (Å²) in [6, 6.07) is 10.2. The molecule has 0 atom stereocenters. The number of aliphatic imine (C=N–C) groups is 1. The van der Waals surface area contributed by atoms with Gasteiger partial charge in [-0.25, -0.2) is 0 Å².